The van der Waals surface area contributed by atoms with Crippen molar-refractivity contribution in [2.75, 3.05) is 5.75 Å². The Kier molecular flexibility index (Phi) is 5.99. The summed E-state index contributed by atoms with van der Waals surface area (Å²) in [7, 11) is -3.06. The average Bonchev–Trinajstić information content (AvgIpc) is 1.95. The molecular weight excluding hydrogens is 186 g/mol. The first-order chi connectivity index (χ1) is 5.98. The zero-order chi connectivity index (χ0) is 10.3. The minimum absolute atomic E-state index is 0.0137. The van der Waals surface area contributed by atoms with Crippen molar-refractivity contribution in [2.45, 2.75) is 39.7 Å². The minimum atomic E-state index is -3.06. The molecule has 0 atom stereocenters. The first-order valence-electron chi connectivity index (χ1n) is 4.63. The molecule has 0 aromatic rings. The molecule has 0 radical (unpaired) electrons. The van der Waals surface area contributed by atoms with Crippen LogP contribution in [0.25, 0.3) is 0 Å². The van der Waals surface area contributed by atoms with Crippen molar-refractivity contribution in [3.05, 3.63) is 12.2 Å². The number of hydrogen-bond acceptors (Lipinski definition) is 2. The molecule has 1 N–H and O–H groups in total. The number of hydrogen-bond donors (Lipinski definition) is 1. The number of nitrogens with one attached hydrogen (secondary N) is 1. The zero-order valence-electron chi connectivity index (χ0n) is 8.58. The molecule has 0 aliphatic carbocycles. The fourth-order valence-electron chi connectivity index (χ4n) is 0.926. The van der Waals surface area contributed by atoms with Crippen LogP contribution in [-0.2, 0) is 10.0 Å². The maximum Gasteiger partial charge on any atom is 0.212 e. The van der Waals surface area contributed by atoms with E-state index in [1.807, 2.05) is 32.9 Å². The summed E-state index contributed by atoms with van der Waals surface area (Å²) in [5.41, 5.74) is 0. The van der Waals surface area contributed by atoms with E-state index in [2.05, 4.69) is 4.72 Å². The van der Waals surface area contributed by atoms with Crippen LogP contribution < -0.4 is 4.72 Å². The van der Waals surface area contributed by atoms with Gasteiger partial charge in [0, 0.05) is 6.04 Å². The maximum absolute atomic E-state index is 11.3. The van der Waals surface area contributed by atoms with E-state index >= 15 is 0 Å². The van der Waals surface area contributed by atoms with Gasteiger partial charge in [-0.1, -0.05) is 19.1 Å². The smallest absolute Gasteiger partial charge is 0.212 e. The van der Waals surface area contributed by atoms with E-state index < -0.39 is 10.0 Å². The SMILES string of the molecule is CC/C=C/CCS(=O)(=O)NC(C)C. The highest BCUT2D eigenvalue weighted by Gasteiger charge is 2.09. The summed E-state index contributed by atoms with van der Waals surface area (Å²) in [5.74, 6) is 0.182. The van der Waals surface area contributed by atoms with Crippen LogP contribution >= 0.6 is 0 Å². The Morgan fingerprint density at radius 3 is 2.38 bits per heavy atom. The zero-order valence-corrected chi connectivity index (χ0v) is 9.39. The average molecular weight is 205 g/mol. The summed E-state index contributed by atoms with van der Waals surface area (Å²) in [6, 6.07) is -0.0137. The first-order valence-corrected chi connectivity index (χ1v) is 6.28. The topological polar surface area (TPSA) is 46.2 Å². The lowest BCUT2D eigenvalue weighted by Crippen LogP contribution is -2.32. The summed E-state index contributed by atoms with van der Waals surface area (Å²) >= 11 is 0. The van der Waals surface area contributed by atoms with Crippen molar-refractivity contribution in [3.63, 3.8) is 0 Å². The van der Waals surface area contributed by atoms with Gasteiger partial charge in [-0.3, -0.25) is 0 Å². The van der Waals surface area contributed by atoms with E-state index in [9.17, 15) is 8.42 Å². The van der Waals surface area contributed by atoms with Crippen molar-refractivity contribution >= 4 is 10.0 Å². The third kappa shape index (κ3) is 7.99. The summed E-state index contributed by atoms with van der Waals surface area (Å²) in [6.07, 6.45) is 5.43. The number of rotatable bonds is 6. The Morgan fingerprint density at radius 1 is 1.31 bits per heavy atom. The quantitative estimate of drug-likeness (QED) is 0.670. The molecule has 0 heterocycles. The largest absolute Gasteiger partial charge is 0.213 e. The Labute approximate surface area is 81.3 Å². The second-order valence-electron chi connectivity index (χ2n) is 3.26. The van der Waals surface area contributed by atoms with Crippen LogP contribution in [0.3, 0.4) is 0 Å². The molecule has 3 nitrogen and oxygen atoms in total. The van der Waals surface area contributed by atoms with Crippen molar-refractivity contribution in [3.8, 4) is 0 Å². The van der Waals surface area contributed by atoms with Gasteiger partial charge in [0.05, 0.1) is 5.75 Å². The van der Waals surface area contributed by atoms with Crippen LogP contribution in [0.5, 0.6) is 0 Å². The summed E-state index contributed by atoms with van der Waals surface area (Å²) in [5, 5.41) is 0. The molecule has 0 fully saturated rings. The molecule has 0 aromatic carbocycles. The highest BCUT2D eigenvalue weighted by Crippen LogP contribution is 1.94. The van der Waals surface area contributed by atoms with Crippen LogP contribution in [0.15, 0.2) is 12.2 Å². The Hall–Kier alpha value is -0.350. The summed E-state index contributed by atoms with van der Waals surface area (Å²) < 4.78 is 25.1. The summed E-state index contributed by atoms with van der Waals surface area (Å²) in [6.45, 7) is 5.66. The van der Waals surface area contributed by atoms with E-state index in [0.29, 0.717) is 6.42 Å². The molecule has 0 bridgehead atoms. The monoisotopic (exact) mass is 205 g/mol. The third-order valence-electron chi connectivity index (χ3n) is 1.37. The highest BCUT2D eigenvalue weighted by molar-refractivity contribution is 7.89. The van der Waals surface area contributed by atoms with Gasteiger partial charge in [-0.25, -0.2) is 13.1 Å². The van der Waals surface area contributed by atoms with Crippen LogP contribution in [-0.4, -0.2) is 20.2 Å². The van der Waals surface area contributed by atoms with Gasteiger partial charge in [0.2, 0.25) is 10.0 Å². The molecule has 0 aromatic heterocycles. The van der Waals surface area contributed by atoms with Gasteiger partial charge >= 0.3 is 0 Å². The Balaban J connectivity index is 3.84. The highest BCUT2D eigenvalue weighted by atomic mass is 32.2. The minimum Gasteiger partial charge on any atom is -0.213 e. The molecule has 78 valence electrons. The van der Waals surface area contributed by atoms with Gasteiger partial charge in [0.1, 0.15) is 0 Å². The molecule has 0 unspecified atom stereocenters. The van der Waals surface area contributed by atoms with Crippen LogP contribution in [0.4, 0.5) is 0 Å². The molecule has 0 amide bonds. The standard InChI is InChI=1S/C9H19NO2S/c1-4-5-6-7-8-13(11,12)10-9(2)3/h5-6,9-10H,4,7-8H2,1-3H3/b6-5+. The van der Waals surface area contributed by atoms with Gasteiger partial charge in [0.15, 0.2) is 0 Å². The number of sulfonamides is 1. The van der Waals surface area contributed by atoms with E-state index in [0.717, 1.165) is 6.42 Å². The third-order valence-corrected chi connectivity index (χ3v) is 2.97. The molecular formula is C9H19NO2S. The lowest BCUT2D eigenvalue weighted by atomic mass is 10.4. The predicted molar refractivity (Wildman–Crippen MR) is 56.1 cm³/mol. The van der Waals surface area contributed by atoms with Crippen molar-refractivity contribution in [1.82, 2.24) is 4.72 Å². The van der Waals surface area contributed by atoms with Gasteiger partial charge in [0.25, 0.3) is 0 Å². The maximum atomic E-state index is 11.3. The molecule has 0 aliphatic heterocycles. The predicted octanol–water partition coefficient (Wildman–Crippen LogP) is 1.67. The molecule has 0 saturated carbocycles. The summed E-state index contributed by atoms with van der Waals surface area (Å²) in [4.78, 5) is 0. The van der Waals surface area contributed by atoms with E-state index in [1.54, 1.807) is 0 Å². The molecule has 0 aliphatic rings. The lowest BCUT2D eigenvalue weighted by molar-refractivity contribution is 0.569. The van der Waals surface area contributed by atoms with Crippen molar-refractivity contribution < 1.29 is 8.42 Å². The Bertz CT molecular complexity index is 242. The van der Waals surface area contributed by atoms with Gasteiger partial charge in [-0.2, -0.15) is 0 Å². The lowest BCUT2D eigenvalue weighted by Gasteiger charge is -2.07. The van der Waals surface area contributed by atoms with E-state index in [4.69, 9.17) is 0 Å². The van der Waals surface area contributed by atoms with E-state index in [1.165, 1.54) is 0 Å². The van der Waals surface area contributed by atoms with Crippen molar-refractivity contribution in [2.24, 2.45) is 0 Å². The molecule has 0 rings (SSSR count). The van der Waals surface area contributed by atoms with Gasteiger partial charge in [-0.15, -0.1) is 0 Å². The second kappa shape index (κ2) is 6.16. The molecule has 4 heteroatoms. The number of allylic oxidation sites excluding steroid dienone is 2. The first kappa shape index (κ1) is 12.7. The van der Waals surface area contributed by atoms with Crippen LogP contribution in [0, 0.1) is 0 Å². The molecule has 0 saturated heterocycles. The fraction of sp³-hybridized carbons (Fsp3) is 0.778. The molecule has 0 spiro atoms. The second-order valence-corrected chi connectivity index (χ2v) is 5.13. The Morgan fingerprint density at radius 2 is 1.92 bits per heavy atom. The van der Waals surface area contributed by atoms with Crippen molar-refractivity contribution in [1.29, 1.82) is 0 Å². The van der Waals surface area contributed by atoms with Gasteiger partial charge in [-0.05, 0) is 26.7 Å². The molecule has 13 heavy (non-hydrogen) atoms. The van der Waals surface area contributed by atoms with Gasteiger partial charge < -0.3 is 0 Å². The van der Waals surface area contributed by atoms with Crippen LogP contribution in [0.2, 0.25) is 0 Å². The fourth-order valence-corrected chi connectivity index (χ4v) is 2.21. The van der Waals surface area contributed by atoms with Crippen LogP contribution in [0.1, 0.15) is 33.6 Å². The van der Waals surface area contributed by atoms with E-state index in [-0.39, 0.29) is 11.8 Å². The normalized spacial score (nSPS) is 12.9.